The molecule has 10 nitrogen and oxygen atoms in total. The lowest BCUT2D eigenvalue weighted by Crippen LogP contribution is -2.48. The minimum atomic E-state index is -1.41. The van der Waals surface area contributed by atoms with Crippen LogP contribution in [0.5, 0.6) is 0 Å². The van der Waals surface area contributed by atoms with Crippen LogP contribution in [-0.2, 0) is 9.59 Å². The predicted octanol–water partition coefficient (Wildman–Crippen LogP) is -1.85. The molecule has 0 saturated carbocycles. The molecule has 0 aliphatic carbocycles. The monoisotopic (exact) mass is 353 g/mol. The van der Waals surface area contributed by atoms with Crippen molar-refractivity contribution >= 4 is 19.0 Å². The molecule has 0 aromatic carbocycles. The average molecular weight is 353 g/mol. The van der Waals surface area contributed by atoms with Crippen LogP contribution in [0.1, 0.15) is 24.6 Å². The van der Waals surface area contributed by atoms with Gasteiger partial charge in [0.25, 0.3) is 0 Å². The van der Waals surface area contributed by atoms with Crippen molar-refractivity contribution < 1.29 is 24.7 Å². The zero-order valence-electron chi connectivity index (χ0n) is 13.8. The van der Waals surface area contributed by atoms with Crippen molar-refractivity contribution in [3.8, 4) is 0 Å². The first-order valence-electron chi connectivity index (χ1n) is 8.18. The highest BCUT2D eigenvalue weighted by Gasteiger charge is 2.41. The van der Waals surface area contributed by atoms with Crippen LogP contribution in [-0.4, -0.2) is 68.1 Å². The SMILES string of the molecule is NC(C(=O)N1CC(CCCB(O)O)C(C(=O)O)C1)C(N)c1c[nH]cn1. The van der Waals surface area contributed by atoms with Crippen LogP contribution < -0.4 is 11.5 Å². The first kappa shape index (κ1) is 19.4. The second kappa shape index (κ2) is 8.43. The van der Waals surface area contributed by atoms with E-state index in [0.29, 0.717) is 18.5 Å². The summed E-state index contributed by atoms with van der Waals surface area (Å²) in [5, 5.41) is 27.2. The molecule has 1 fully saturated rings. The van der Waals surface area contributed by atoms with Gasteiger partial charge in [-0.2, -0.15) is 0 Å². The van der Waals surface area contributed by atoms with Crippen LogP contribution in [0.3, 0.4) is 0 Å². The van der Waals surface area contributed by atoms with E-state index in [1.165, 1.54) is 11.2 Å². The van der Waals surface area contributed by atoms with E-state index in [1.807, 2.05) is 0 Å². The summed E-state index contributed by atoms with van der Waals surface area (Å²) in [5.41, 5.74) is 12.4. The van der Waals surface area contributed by atoms with Gasteiger partial charge in [-0.25, -0.2) is 4.98 Å². The van der Waals surface area contributed by atoms with E-state index in [1.54, 1.807) is 6.20 Å². The molecule has 0 spiro atoms. The Balaban J connectivity index is 1.99. The number of hydrogen-bond donors (Lipinski definition) is 6. The fourth-order valence-corrected chi connectivity index (χ4v) is 3.19. The van der Waals surface area contributed by atoms with Crippen LogP contribution in [0, 0.1) is 11.8 Å². The Morgan fingerprint density at radius 1 is 1.40 bits per heavy atom. The summed E-state index contributed by atoms with van der Waals surface area (Å²) < 4.78 is 0. The van der Waals surface area contributed by atoms with Gasteiger partial charge in [-0.05, 0) is 18.7 Å². The molecule has 0 bridgehead atoms. The van der Waals surface area contributed by atoms with Crippen molar-refractivity contribution in [3.05, 3.63) is 18.2 Å². The number of nitrogens with one attached hydrogen (secondary N) is 1. The summed E-state index contributed by atoms with van der Waals surface area (Å²) in [6.45, 7) is 0.333. The number of carbonyl (C=O) groups is 2. The van der Waals surface area contributed by atoms with Gasteiger partial charge in [0.15, 0.2) is 0 Å². The normalized spacial score (nSPS) is 22.6. The highest BCUT2D eigenvalue weighted by molar-refractivity contribution is 6.40. The molecule has 8 N–H and O–H groups in total. The number of nitrogens with zero attached hydrogens (tertiary/aromatic N) is 2. The molecule has 11 heteroatoms. The number of H-pyrrole nitrogens is 1. The highest BCUT2D eigenvalue weighted by Crippen LogP contribution is 2.29. The van der Waals surface area contributed by atoms with E-state index in [2.05, 4.69) is 9.97 Å². The number of carbonyl (C=O) groups excluding carboxylic acids is 1. The first-order chi connectivity index (χ1) is 11.8. The summed E-state index contributed by atoms with van der Waals surface area (Å²) in [6.07, 6.45) is 4.12. The zero-order chi connectivity index (χ0) is 18.6. The molecule has 1 saturated heterocycles. The van der Waals surface area contributed by atoms with E-state index >= 15 is 0 Å². The van der Waals surface area contributed by atoms with Gasteiger partial charge in [0.2, 0.25) is 5.91 Å². The predicted molar refractivity (Wildman–Crippen MR) is 88.9 cm³/mol. The second-order valence-electron chi connectivity index (χ2n) is 6.41. The quantitative estimate of drug-likeness (QED) is 0.295. The Bertz CT molecular complexity index is 584. The van der Waals surface area contributed by atoms with Crippen molar-refractivity contribution in [3.63, 3.8) is 0 Å². The van der Waals surface area contributed by atoms with Gasteiger partial charge < -0.3 is 36.5 Å². The number of carboxylic acid groups (broad SMARTS) is 1. The van der Waals surface area contributed by atoms with Gasteiger partial charge >= 0.3 is 13.1 Å². The molecule has 2 heterocycles. The third-order valence-electron chi connectivity index (χ3n) is 4.64. The van der Waals surface area contributed by atoms with Crippen molar-refractivity contribution in [1.29, 1.82) is 0 Å². The minimum Gasteiger partial charge on any atom is -0.481 e. The van der Waals surface area contributed by atoms with Crippen LogP contribution in [0.15, 0.2) is 12.5 Å². The molecule has 1 aliphatic rings. The number of aromatic nitrogens is 2. The van der Waals surface area contributed by atoms with Gasteiger partial charge in [0.05, 0.1) is 24.0 Å². The van der Waals surface area contributed by atoms with E-state index in [-0.39, 0.29) is 25.3 Å². The summed E-state index contributed by atoms with van der Waals surface area (Å²) in [5.74, 6) is -2.34. The van der Waals surface area contributed by atoms with Gasteiger partial charge in [0, 0.05) is 19.3 Å². The number of hydrogen-bond acceptors (Lipinski definition) is 7. The molecule has 1 aliphatic heterocycles. The van der Waals surface area contributed by atoms with Crippen LogP contribution in [0.2, 0.25) is 6.32 Å². The number of aliphatic carboxylic acids is 1. The van der Waals surface area contributed by atoms with Gasteiger partial charge in [-0.1, -0.05) is 6.42 Å². The Hall–Kier alpha value is -1.95. The number of aromatic amines is 1. The van der Waals surface area contributed by atoms with E-state index < -0.39 is 37.0 Å². The van der Waals surface area contributed by atoms with Crippen molar-refractivity contribution in [2.75, 3.05) is 13.1 Å². The summed E-state index contributed by atoms with van der Waals surface area (Å²) in [7, 11) is -1.41. The van der Waals surface area contributed by atoms with Gasteiger partial charge in [-0.3, -0.25) is 9.59 Å². The fraction of sp³-hybridized carbons (Fsp3) is 0.643. The molecule has 2 rings (SSSR count). The number of likely N-dealkylation sites (tertiary alicyclic amines) is 1. The Morgan fingerprint density at radius 3 is 2.68 bits per heavy atom. The zero-order valence-corrected chi connectivity index (χ0v) is 13.8. The maximum Gasteiger partial charge on any atom is 0.451 e. The number of rotatable bonds is 8. The molecule has 0 radical (unpaired) electrons. The summed E-state index contributed by atoms with van der Waals surface area (Å²) >= 11 is 0. The molecule has 4 unspecified atom stereocenters. The van der Waals surface area contributed by atoms with Crippen LogP contribution >= 0.6 is 0 Å². The Kier molecular flexibility index (Phi) is 6.54. The maximum atomic E-state index is 12.6. The topological polar surface area (TPSA) is 179 Å². The van der Waals surface area contributed by atoms with Gasteiger partial charge in [0.1, 0.15) is 6.04 Å². The molecule has 25 heavy (non-hydrogen) atoms. The fourth-order valence-electron chi connectivity index (χ4n) is 3.19. The van der Waals surface area contributed by atoms with Crippen molar-refractivity contribution in [1.82, 2.24) is 14.9 Å². The highest BCUT2D eigenvalue weighted by atomic mass is 16.4. The third kappa shape index (κ3) is 4.79. The molecule has 4 atom stereocenters. The standard InChI is InChI=1S/C14H24BN5O5/c16-11(10-4-18-7-19-10)12(17)13(21)20-5-8(2-1-3-15(24)25)9(6-20)14(22)23/h4,7-9,11-12,24-25H,1-3,5-6,16-17H2,(H,18,19)(H,22,23). The lowest BCUT2D eigenvalue weighted by atomic mass is 9.80. The molecular formula is C14H24BN5O5. The number of nitrogens with two attached hydrogens (primary N) is 2. The van der Waals surface area contributed by atoms with Gasteiger partial charge in [-0.15, -0.1) is 0 Å². The molecule has 1 aromatic heterocycles. The van der Waals surface area contributed by atoms with Crippen LogP contribution in [0.25, 0.3) is 0 Å². The molecule has 1 amide bonds. The minimum absolute atomic E-state index is 0.0709. The first-order valence-corrected chi connectivity index (χ1v) is 8.18. The molecular weight excluding hydrogens is 329 g/mol. The van der Waals surface area contributed by atoms with Crippen LogP contribution in [0.4, 0.5) is 0 Å². The average Bonchev–Trinajstić information content (AvgIpc) is 3.22. The third-order valence-corrected chi connectivity index (χ3v) is 4.64. The maximum absolute atomic E-state index is 12.6. The van der Waals surface area contributed by atoms with E-state index in [9.17, 15) is 14.7 Å². The number of carboxylic acids is 1. The van der Waals surface area contributed by atoms with E-state index in [4.69, 9.17) is 21.5 Å². The lowest BCUT2D eigenvalue weighted by molar-refractivity contribution is -0.142. The summed E-state index contributed by atoms with van der Waals surface area (Å²) in [6, 6.07) is -1.80. The molecule has 1 aromatic rings. The Labute approximate surface area is 145 Å². The largest absolute Gasteiger partial charge is 0.481 e. The van der Waals surface area contributed by atoms with Crippen molar-refractivity contribution in [2.24, 2.45) is 23.3 Å². The summed E-state index contributed by atoms with van der Waals surface area (Å²) in [4.78, 5) is 32.2. The lowest BCUT2D eigenvalue weighted by Gasteiger charge is -2.24. The second-order valence-corrected chi connectivity index (χ2v) is 6.41. The smallest absolute Gasteiger partial charge is 0.451 e. The van der Waals surface area contributed by atoms with Crippen molar-refractivity contribution in [2.45, 2.75) is 31.2 Å². The number of amides is 1. The van der Waals surface area contributed by atoms with E-state index in [0.717, 1.165) is 0 Å². The Morgan fingerprint density at radius 2 is 2.12 bits per heavy atom. The number of imidazole rings is 1. The molecule has 138 valence electrons.